The summed E-state index contributed by atoms with van der Waals surface area (Å²) in [5.74, 6) is 5.25. The van der Waals surface area contributed by atoms with Crippen molar-refractivity contribution >= 4 is 5.97 Å². The van der Waals surface area contributed by atoms with E-state index in [9.17, 15) is 4.79 Å². The summed E-state index contributed by atoms with van der Waals surface area (Å²) in [6, 6.07) is 0. The van der Waals surface area contributed by atoms with E-state index >= 15 is 0 Å². The average Bonchev–Trinajstić information content (AvgIpc) is 2.86. The minimum atomic E-state index is -0.0933. The van der Waals surface area contributed by atoms with Crippen molar-refractivity contribution in [3.63, 3.8) is 0 Å². The Bertz CT molecular complexity index is 542. The second-order valence-electron chi connectivity index (χ2n) is 10.6. The summed E-state index contributed by atoms with van der Waals surface area (Å²) in [4.78, 5) is 11.4. The van der Waals surface area contributed by atoms with E-state index in [0.29, 0.717) is 10.8 Å². The van der Waals surface area contributed by atoms with E-state index in [1.807, 2.05) is 0 Å². The van der Waals surface area contributed by atoms with Crippen molar-refractivity contribution in [3.8, 4) is 0 Å². The topological polar surface area (TPSA) is 26.3 Å². The van der Waals surface area contributed by atoms with Gasteiger partial charge in [0.2, 0.25) is 0 Å². The first-order valence-corrected chi connectivity index (χ1v) is 10.9. The van der Waals surface area contributed by atoms with E-state index in [-0.39, 0.29) is 12.1 Å². The highest BCUT2D eigenvalue weighted by Gasteiger charge is 2.61. The number of rotatable bonds is 1. The molecule has 2 nitrogen and oxygen atoms in total. The van der Waals surface area contributed by atoms with Crippen LogP contribution in [0.2, 0.25) is 0 Å². The molecule has 0 bridgehead atoms. The molecular formula is C23H38O2. The van der Waals surface area contributed by atoms with Crippen LogP contribution in [0.3, 0.4) is 0 Å². The third-order valence-electron chi connectivity index (χ3n) is 9.99. The molecule has 0 aromatic heterocycles. The van der Waals surface area contributed by atoms with Gasteiger partial charge in [-0.1, -0.05) is 27.7 Å². The van der Waals surface area contributed by atoms with E-state index < -0.39 is 0 Å². The van der Waals surface area contributed by atoms with Crippen molar-refractivity contribution in [2.24, 2.45) is 46.3 Å². The SMILES string of the molecule is CC(=O)O[C@@H]1CC[C@]2(C)C3CC(C)[C@]4(C)[C@@H](C)CC[C@H]4[C@@H]3CC[C@@H]2C1. The predicted molar refractivity (Wildman–Crippen MR) is 101 cm³/mol. The van der Waals surface area contributed by atoms with Gasteiger partial charge in [-0.2, -0.15) is 0 Å². The van der Waals surface area contributed by atoms with Crippen LogP contribution >= 0.6 is 0 Å². The van der Waals surface area contributed by atoms with Crippen molar-refractivity contribution in [1.82, 2.24) is 0 Å². The van der Waals surface area contributed by atoms with Gasteiger partial charge in [0.05, 0.1) is 0 Å². The zero-order chi connectivity index (χ0) is 18.0. The number of carbonyl (C=O) groups is 1. The monoisotopic (exact) mass is 346 g/mol. The number of esters is 1. The second-order valence-corrected chi connectivity index (χ2v) is 10.6. The molecule has 2 heteroatoms. The second kappa shape index (κ2) is 5.99. The third-order valence-corrected chi connectivity index (χ3v) is 9.99. The van der Waals surface area contributed by atoms with E-state index in [0.717, 1.165) is 48.3 Å². The summed E-state index contributed by atoms with van der Waals surface area (Å²) in [5.41, 5.74) is 1.07. The van der Waals surface area contributed by atoms with Crippen LogP contribution in [0.5, 0.6) is 0 Å². The first-order chi connectivity index (χ1) is 11.8. The Kier molecular flexibility index (Phi) is 4.28. The Balaban J connectivity index is 1.57. The summed E-state index contributed by atoms with van der Waals surface area (Å²) in [6.45, 7) is 11.9. The average molecular weight is 347 g/mol. The molecule has 4 rings (SSSR count). The largest absolute Gasteiger partial charge is 0.463 e. The molecule has 4 aliphatic carbocycles. The van der Waals surface area contributed by atoms with E-state index in [2.05, 4.69) is 27.7 Å². The number of fused-ring (bicyclic) bond motifs is 5. The predicted octanol–water partition coefficient (Wildman–Crippen LogP) is 5.84. The van der Waals surface area contributed by atoms with Crippen LogP contribution in [0, 0.1) is 46.3 Å². The molecule has 0 amide bonds. The third kappa shape index (κ3) is 2.52. The Morgan fingerprint density at radius 1 is 0.920 bits per heavy atom. The lowest BCUT2D eigenvalue weighted by atomic mass is 9.43. The first kappa shape index (κ1) is 17.9. The molecule has 0 saturated heterocycles. The van der Waals surface area contributed by atoms with Crippen LogP contribution in [0.4, 0.5) is 0 Å². The molecule has 0 aromatic carbocycles. The van der Waals surface area contributed by atoms with Gasteiger partial charge in [0, 0.05) is 6.92 Å². The Hall–Kier alpha value is -0.530. The fourth-order valence-electron chi connectivity index (χ4n) is 8.25. The summed E-state index contributed by atoms with van der Waals surface area (Å²) >= 11 is 0. The van der Waals surface area contributed by atoms with Gasteiger partial charge in [0.25, 0.3) is 0 Å². The lowest BCUT2D eigenvalue weighted by Crippen LogP contribution is -2.56. The Morgan fingerprint density at radius 3 is 2.40 bits per heavy atom. The Labute approximate surface area is 154 Å². The quantitative estimate of drug-likeness (QED) is 0.557. The molecule has 25 heavy (non-hydrogen) atoms. The summed E-state index contributed by atoms with van der Waals surface area (Å²) in [5, 5.41) is 0. The standard InChI is InChI=1S/C23H38O2/c1-14-6-9-20-19-8-7-17-13-18(25-16(3)24)10-11-22(17,4)21(19)12-15(2)23(14,20)5/h14-15,17-21H,6-13H2,1-5H3/t14-,15?,17+,18+,19-,20-,21?,22-,23-/m0/s1. The molecule has 0 radical (unpaired) electrons. The molecule has 0 spiro atoms. The number of hydrogen-bond acceptors (Lipinski definition) is 2. The molecule has 4 fully saturated rings. The van der Waals surface area contributed by atoms with Crippen LogP contribution < -0.4 is 0 Å². The fourth-order valence-corrected chi connectivity index (χ4v) is 8.25. The normalized spacial score (nSPS) is 55.0. The lowest BCUT2D eigenvalue weighted by molar-refractivity contribution is -0.164. The van der Waals surface area contributed by atoms with Gasteiger partial charge in [-0.05, 0) is 97.7 Å². The van der Waals surface area contributed by atoms with Gasteiger partial charge in [-0.15, -0.1) is 0 Å². The van der Waals surface area contributed by atoms with Crippen molar-refractivity contribution in [3.05, 3.63) is 0 Å². The maximum Gasteiger partial charge on any atom is 0.302 e. The molecule has 0 N–H and O–H groups in total. The maximum atomic E-state index is 11.4. The van der Waals surface area contributed by atoms with E-state index in [1.165, 1.54) is 38.5 Å². The molecular weight excluding hydrogens is 308 g/mol. The molecule has 0 aliphatic heterocycles. The van der Waals surface area contributed by atoms with Crippen molar-refractivity contribution in [2.75, 3.05) is 0 Å². The molecule has 142 valence electrons. The molecule has 4 saturated carbocycles. The smallest absolute Gasteiger partial charge is 0.302 e. The zero-order valence-corrected chi connectivity index (χ0v) is 17.0. The minimum absolute atomic E-state index is 0.0933. The lowest BCUT2D eigenvalue weighted by Gasteiger charge is -2.62. The van der Waals surface area contributed by atoms with Crippen LogP contribution in [-0.4, -0.2) is 12.1 Å². The van der Waals surface area contributed by atoms with E-state index in [1.54, 1.807) is 6.92 Å². The van der Waals surface area contributed by atoms with Gasteiger partial charge in [0.15, 0.2) is 0 Å². The van der Waals surface area contributed by atoms with Gasteiger partial charge >= 0.3 is 5.97 Å². The maximum absolute atomic E-state index is 11.4. The zero-order valence-electron chi connectivity index (χ0n) is 17.0. The number of hydrogen-bond donors (Lipinski definition) is 0. The molecule has 0 aromatic rings. The summed E-state index contributed by atoms with van der Waals surface area (Å²) in [6.07, 6.45) is 10.8. The van der Waals surface area contributed by atoms with Crippen LogP contribution in [-0.2, 0) is 9.53 Å². The summed E-state index contributed by atoms with van der Waals surface area (Å²) < 4.78 is 5.60. The Morgan fingerprint density at radius 2 is 1.68 bits per heavy atom. The molecule has 2 unspecified atom stereocenters. The van der Waals surface area contributed by atoms with Crippen molar-refractivity contribution < 1.29 is 9.53 Å². The van der Waals surface area contributed by atoms with Crippen LogP contribution in [0.25, 0.3) is 0 Å². The van der Waals surface area contributed by atoms with Crippen LogP contribution in [0.1, 0.15) is 86.0 Å². The van der Waals surface area contributed by atoms with E-state index in [4.69, 9.17) is 4.74 Å². The van der Waals surface area contributed by atoms with Gasteiger partial charge < -0.3 is 4.74 Å². The minimum Gasteiger partial charge on any atom is -0.463 e. The van der Waals surface area contributed by atoms with Gasteiger partial charge in [0.1, 0.15) is 6.10 Å². The van der Waals surface area contributed by atoms with Gasteiger partial charge in [-0.3, -0.25) is 4.79 Å². The highest BCUT2D eigenvalue weighted by Crippen LogP contribution is 2.68. The van der Waals surface area contributed by atoms with Crippen LogP contribution in [0.15, 0.2) is 0 Å². The van der Waals surface area contributed by atoms with Crippen molar-refractivity contribution in [2.45, 2.75) is 92.1 Å². The summed E-state index contributed by atoms with van der Waals surface area (Å²) in [7, 11) is 0. The fraction of sp³-hybridized carbons (Fsp3) is 0.957. The highest BCUT2D eigenvalue weighted by atomic mass is 16.5. The number of carbonyl (C=O) groups excluding carboxylic acids is 1. The first-order valence-electron chi connectivity index (χ1n) is 10.9. The molecule has 9 atom stereocenters. The van der Waals surface area contributed by atoms with Gasteiger partial charge in [-0.25, -0.2) is 0 Å². The van der Waals surface area contributed by atoms with Crippen molar-refractivity contribution in [1.29, 1.82) is 0 Å². The number of ether oxygens (including phenoxy) is 1. The molecule has 0 heterocycles. The highest BCUT2D eigenvalue weighted by molar-refractivity contribution is 5.66. The molecule has 4 aliphatic rings.